The number of nitrogens with one attached hydrogen (secondary N) is 1. The summed E-state index contributed by atoms with van der Waals surface area (Å²) in [5.41, 5.74) is 0. The van der Waals surface area contributed by atoms with Crippen LogP contribution >= 0.6 is 15.9 Å². The summed E-state index contributed by atoms with van der Waals surface area (Å²) in [6.07, 6.45) is 0. The van der Waals surface area contributed by atoms with E-state index in [4.69, 9.17) is 0 Å². The molecule has 2 saturated heterocycles. The summed E-state index contributed by atoms with van der Waals surface area (Å²) in [4.78, 5) is -0.241. The maximum Gasteiger partial charge on any atom is 0.246 e. The van der Waals surface area contributed by atoms with E-state index in [1.165, 1.54) is 22.5 Å². The largest absolute Gasteiger partial charge is 0.316 e. The highest BCUT2D eigenvalue weighted by atomic mass is 79.9. The first-order chi connectivity index (χ1) is 8.98. The minimum absolute atomic E-state index is 0.241. The summed E-state index contributed by atoms with van der Waals surface area (Å²) in [6, 6.07) is 4.00. The molecule has 2 atom stereocenters. The monoisotopic (exact) mass is 348 g/mol. The molecule has 1 aromatic carbocycles. The minimum Gasteiger partial charge on any atom is -0.316 e. The highest BCUT2D eigenvalue weighted by Crippen LogP contribution is 2.32. The smallest absolute Gasteiger partial charge is 0.246 e. The van der Waals surface area contributed by atoms with Crippen LogP contribution in [0.5, 0.6) is 0 Å². The molecule has 7 heteroatoms. The molecule has 4 nitrogen and oxygen atoms in total. The van der Waals surface area contributed by atoms with Crippen LogP contribution in [0, 0.1) is 17.7 Å². The van der Waals surface area contributed by atoms with Gasteiger partial charge in [-0.05, 0) is 43.1 Å². The quantitative estimate of drug-likeness (QED) is 0.879. The molecule has 2 aliphatic heterocycles. The van der Waals surface area contributed by atoms with Gasteiger partial charge in [0.2, 0.25) is 10.0 Å². The minimum atomic E-state index is -3.73. The third-order valence-corrected chi connectivity index (χ3v) is 6.21. The molecule has 0 amide bonds. The summed E-state index contributed by atoms with van der Waals surface area (Å²) < 4.78 is 40.7. The van der Waals surface area contributed by atoms with E-state index in [1.54, 1.807) is 0 Å². The molecule has 2 heterocycles. The van der Waals surface area contributed by atoms with Crippen LogP contribution in [-0.4, -0.2) is 38.9 Å². The van der Waals surface area contributed by atoms with Crippen LogP contribution in [0.1, 0.15) is 0 Å². The van der Waals surface area contributed by atoms with E-state index >= 15 is 0 Å². The van der Waals surface area contributed by atoms with Gasteiger partial charge >= 0.3 is 0 Å². The van der Waals surface area contributed by atoms with Gasteiger partial charge in [0.05, 0.1) is 0 Å². The fourth-order valence-electron chi connectivity index (χ4n) is 2.82. The molecule has 2 fully saturated rings. The van der Waals surface area contributed by atoms with Crippen LogP contribution in [0.15, 0.2) is 27.6 Å². The van der Waals surface area contributed by atoms with Crippen molar-refractivity contribution in [2.45, 2.75) is 4.90 Å². The van der Waals surface area contributed by atoms with Gasteiger partial charge < -0.3 is 5.32 Å². The molecule has 19 heavy (non-hydrogen) atoms. The predicted octanol–water partition coefficient (Wildman–Crippen LogP) is 1.43. The Kier molecular flexibility index (Phi) is 3.41. The molecule has 0 unspecified atom stereocenters. The predicted molar refractivity (Wildman–Crippen MR) is 72.7 cm³/mol. The van der Waals surface area contributed by atoms with Crippen molar-refractivity contribution in [3.8, 4) is 0 Å². The van der Waals surface area contributed by atoms with Crippen LogP contribution in [0.3, 0.4) is 0 Å². The highest BCUT2D eigenvalue weighted by molar-refractivity contribution is 9.10. The lowest BCUT2D eigenvalue weighted by atomic mass is 10.0. The van der Waals surface area contributed by atoms with Crippen LogP contribution in [-0.2, 0) is 10.0 Å². The summed E-state index contributed by atoms with van der Waals surface area (Å²) in [5, 5.41) is 3.25. The molecule has 0 aromatic heterocycles. The Labute approximate surface area is 120 Å². The van der Waals surface area contributed by atoms with Crippen molar-refractivity contribution in [3.05, 3.63) is 28.5 Å². The molecule has 104 valence electrons. The number of halogens is 2. The Morgan fingerprint density at radius 1 is 1.26 bits per heavy atom. The van der Waals surface area contributed by atoms with E-state index in [0.29, 0.717) is 29.4 Å². The average Bonchev–Trinajstić information content (AvgIpc) is 2.92. The van der Waals surface area contributed by atoms with E-state index in [1.807, 2.05) is 0 Å². The molecule has 1 aromatic rings. The van der Waals surface area contributed by atoms with Gasteiger partial charge in [-0.25, -0.2) is 12.8 Å². The number of fused-ring (bicyclic) bond motifs is 1. The third kappa shape index (κ3) is 2.33. The second-order valence-corrected chi connectivity index (χ2v) is 7.90. The van der Waals surface area contributed by atoms with Gasteiger partial charge in [0, 0.05) is 17.6 Å². The molecular weight excluding hydrogens is 335 g/mol. The zero-order valence-electron chi connectivity index (χ0n) is 10.1. The molecule has 0 aliphatic carbocycles. The summed E-state index contributed by atoms with van der Waals surface area (Å²) in [6.45, 7) is 2.65. The third-order valence-electron chi connectivity index (χ3n) is 3.87. The Morgan fingerprint density at radius 3 is 2.53 bits per heavy atom. The zero-order chi connectivity index (χ0) is 13.6. The average molecular weight is 349 g/mol. The summed E-state index contributed by atoms with van der Waals surface area (Å²) in [7, 11) is -3.73. The fraction of sp³-hybridized carbons (Fsp3) is 0.500. The topological polar surface area (TPSA) is 49.4 Å². The molecule has 0 bridgehead atoms. The van der Waals surface area contributed by atoms with E-state index in [2.05, 4.69) is 21.2 Å². The second kappa shape index (κ2) is 4.80. The van der Waals surface area contributed by atoms with E-state index in [-0.39, 0.29) is 4.90 Å². The van der Waals surface area contributed by atoms with E-state index < -0.39 is 15.8 Å². The van der Waals surface area contributed by atoms with Crippen LogP contribution < -0.4 is 5.32 Å². The van der Waals surface area contributed by atoms with Crippen molar-refractivity contribution in [3.63, 3.8) is 0 Å². The zero-order valence-corrected chi connectivity index (χ0v) is 12.5. The number of hydrogen-bond acceptors (Lipinski definition) is 3. The van der Waals surface area contributed by atoms with Gasteiger partial charge in [-0.3, -0.25) is 0 Å². The second-order valence-electron chi connectivity index (χ2n) is 5.08. The van der Waals surface area contributed by atoms with Gasteiger partial charge in [-0.2, -0.15) is 4.31 Å². The van der Waals surface area contributed by atoms with Crippen LogP contribution in [0.4, 0.5) is 4.39 Å². The lowest BCUT2D eigenvalue weighted by Gasteiger charge is -2.18. The molecule has 3 rings (SSSR count). The van der Waals surface area contributed by atoms with Crippen LogP contribution in [0.25, 0.3) is 0 Å². The van der Waals surface area contributed by atoms with Crippen molar-refractivity contribution in [2.24, 2.45) is 11.8 Å². The first-order valence-corrected chi connectivity index (χ1v) is 8.37. The van der Waals surface area contributed by atoms with E-state index in [9.17, 15) is 12.8 Å². The van der Waals surface area contributed by atoms with Gasteiger partial charge in [0.15, 0.2) is 0 Å². The van der Waals surface area contributed by atoms with Crippen molar-refractivity contribution in [1.29, 1.82) is 0 Å². The summed E-state index contributed by atoms with van der Waals surface area (Å²) >= 11 is 3.19. The van der Waals surface area contributed by atoms with Crippen LogP contribution in [0.2, 0.25) is 0 Å². The molecular formula is C12H14BrFN2O2S. The normalized spacial score (nSPS) is 27.7. The molecule has 0 saturated carbocycles. The molecule has 2 aliphatic rings. The van der Waals surface area contributed by atoms with Gasteiger partial charge in [-0.15, -0.1) is 0 Å². The van der Waals surface area contributed by atoms with Crippen molar-refractivity contribution in [2.75, 3.05) is 26.2 Å². The summed E-state index contributed by atoms with van der Waals surface area (Å²) in [5.74, 6) is 0.00774. The number of nitrogens with zero attached hydrogens (tertiary/aromatic N) is 1. The number of benzene rings is 1. The first-order valence-electron chi connectivity index (χ1n) is 6.14. The Hall–Kier alpha value is -0.500. The Bertz CT molecular complexity index is 596. The number of rotatable bonds is 2. The van der Waals surface area contributed by atoms with Crippen molar-refractivity contribution >= 4 is 26.0 Å². The van der Waals surface area contributed by atoms with Crippen molar-refractivity contribution in [1.82, 2.24) is 9.62 Å². The maximum atomic E-state index is 13.8. The Morgan fingerprint density at radius 2 is 1.89 bits per heavy atom. The molecule has 0 radical (unpaired) electrons. The lowest BCUT2D eigenvalue weighted by molar-refractivity contribution is 0.443. The fourth-order valence-corrected chi connectivity index (χ4v) is 4.98. The van der Waals surface area contributed by atoms with Crippen molar-refractivity contribution < 1.29 is 12.8 Å². The molecule has 0 spiro atoms. The first kappa shape index (κ1) is 13.5. The van der Waals surface area contributed by atoms with Gasteiger partial charge in [0.1, 0.15) is 10.7 Å². The van der Waals surface area contributed by atoms with Gasteiger partial charge in [0.25, 0.3) is 0 Å². The Balaban J connectivity index is 1.93. The van der Waals surface area contributed by atoms with Gasteiger partial charge in [-0.1, -0.05) is 15.9 Å². The standard InChI is InChI=1S/C12H14BrFN2O2S/c13-10-1-2-11(14)12(3-10)19(17,18)16-6-8-4-15-5-9(8)7-16/h1-3,8-9,15H,4-7H2/t8-,9+. The van der Waals surface area contributed by atoms with E-state index in [0.717, 1.165) is 13.1 Å². The maximum absolute atomic E-state index is 13.8. The SMILES string of the molecule is O=S(=O)(c1cc(Br)ccc1F)N1C[C@H]2CNC[C@H]2C1. The number of sulfonamides is 1. The highest BCUT2D eigenvalue weighted by Gasteiger charge is 2.42. The number of hydrogen-bond donors (Lipinski definition) is 1. The lowest BCUT2D eigenvalue weighted by Crippen LogP contribution is -2.32. The molecule has 1 N–H and O–H groups in total.